The van der Waals surface area contributed by atoms with Crippen LogP contribution in [0, 0.1) is 5.82 Å². The molecule has 1 aliphatic rings. The van der Waals surface area contributed by atoms with E-state index in [1.807, 2.05) is 11.8 Å². The summed E-state index contributed by atoms with van der Waals surface area (Å²) in [6, 6.07) is 6.50. The first kappa shape index (κ1) is 17.9. The number of halogens is 1. The molecule has 1 aromatic carbocycles. The van der Waals surface area contributed by atoms with E-state index in [0.29, 0.717) is 16.5 Å². The molecule has 1 atom stereocenters. The SMILES string of the molecule is CC(Sc1nnc(-c2ccccc2F)n1C)C(=O)N1CCCCCC1. The highest BCUT2D eigenvalue weighted by Crippen LogP contribution is 2.28. The molecule has 1 aromatic heterocycles. The summed E-state index contributed by atoms with van der Waals surface area (Å²) in [7, 11) is 1.80. The summed E-state index contributed by atoms with van der Waals surface area (Å²) in [5, 5.41) is 8.65. The summed E-state index contributed by atoms with van der Waals surface area (Å²) in [6.07, 6.45) is 4.54. The Morgan fingerprint density at radius 2 is 1.84 bits per heavy atom. The van der Waals surface area contributed by atoms with E-state index < -0.39 is 0 Å². The van der Waals surface area contributed by atoms with Gasteiger partial charge in [-0.05, 0) is 31.9 Å². The van der Waals surface area contributed by atoms with Crippen LogP contribution in [0.25, 0.3) is 11.4 Å². The van der Waals surface area contributed by atoms with E-state index in [0.717, 1.165) is 25.9 Å². The minimum absolute atomic E-state index is 0.141. The number of carbonyl (C=O) groups is 1. The van der Waals surface area contributed by atoms with Crippen LogP contribution >= 0.6 is 11.8 Å². The van der Waals surface area contributed by atoms with Gasteiger partial charge in [0.1, 0.15) is 5.82 Å². The van der Waals surface area contributed by atoms with E-state index in [1.54, 1.807) is 29.8 Å². The maximum Gasteiger partial charge on any atom is 0.235 e. The average molecular weight is 362 g/mol. The quantitative estimate of drug-likeness (QED) is 0.781. The van der Waals surface area contributed by atoms with E-state index in [9.17, 15) is 9.18 Å². The number of benzene rings is 1. The van der Waals surface area contributed by atoms with Crippen LogP contribution in [-0.4, -0.2) is 43.9 Å². The topological polar surface area (TPSA) is 51.0 Å². The molecule has 1 fully saturated rings. The Bertz CT molecular complexity index is 740. The maximum absolute atomic E-state index is 14.0. The molecule has 134 valence electrons. The van der Waals surface area contributed by atoms with Gasteiger partial charge in [-0.25, -0.2) is 4.39 Å². The fourth-order valence-corrected chi connectivity index (χ4v) is 3.95. The van der Waals surface area contributed by atoms with E-state index in [1.165, 1.54) is 30.7 Å². The van der Waals surface area contributed by atoms with Crippen molar-refractivity contribution in [2.24, 2.45) is 7.05 Å². The highest BCUT2D eigenvalue weighted by Gasteiger charge is 2.24. The van der Waals surface area contributed by atoms with Gasteiger partial charge >= 0.3 is 0 Å². The number of aromatic nitrogens is 3. The maximum atomic E-state index is 14.0. The fourth-order valence-electron chi connectivity index (χ4n) is 3.05. The largest absolute Gasteiger partial charge is 0.342 e. The molecule has 2 heterocycles. The van der Waals surface area contributed by atoms with E-state index in [2.05, 4.69) is 10.2 Å². The van der Waals surface area contributed by atoms with Gasteiger partial charge in [0, 0.05) is 20.1 Å². The van der Waals surface area contributed by atoms with Crippen molar-refractivity contribution >= 4 is 17.7 Å². The lowest BCUT2D eigenvalue weighted by molar-refractivity contribution is -0.130. The molecule has 1 unspecified atom stereocenters. The van der Waals surface area contributed by atoms with Crippen molar-refractivity contribution in [3.63, 3.8) is 0 Å². The smallest absolute Gasteiger partial charge is 0.235 e. The number of nitrogens with zero attached hydrogens (tertiary/aromatic N) is 4. The Morgan fingerprint density at radius 1 is 1.16 bits per heavy atom. The molecule has 25 heavy (non-hydrogen) atoms. The van der Waals surface area contributed by atoms with Crippen molar-refractivity contribution in [2.45, 2.75) is 43.0 Å². The van der Waals surface area contributed by atoms with E-state index >= 15 is 0 Å². The predicted molar refractivity (Wildman–Crippen MR) is 96.8 cm³/mol. The highest BCUT2D eigenvalue weighted by molar-refractivity contribution is 8.00. The molecule has 0 N–H and O–H groups in total. The van der Waals surface area contributed by atoms with Gasteiger partial charge in [0.2, 0.25) is 5.91 Å². The molecule has 0 aliphatic carbocycles. The van der Waals surface area contributed by atoms with Crippen molar-refractivity contribution in [1.82, 2.24) is 19.7 Å². The van der Waals surface area contributed by atoms with Crippen molar-refractivity contribution < 1.29 is 9.18 Å². The van der Waals surface area contributed by atoms with Gasteiger partial charge in [-0.15, -0.1) is 10.2 Å². The number of hydrogen-bond acceptors (Lipinski definition) is 4. The number of carbonyl (C=O) groups excluding carboxylic acids is 1. The zero-order chi connectivity index (χ0) is 17.8. The van der Waals surface area contributed by atoms with Gasteiger partial charge in [-0.3, -0.25) is 4.79 Å². The lowest BCUT2D eigenvalue weighted by Crippen LogP contribution is -2.37. The summed E-state index contributed by atoms with van der Waals surface area (Å²) in [5.74, 6) is 0.278. The summed E-state index contributed by atoms with van der Waals surface area (Å²) in [5.41, 5.74) is 0.413. The number of rotatable bonds is 4. The molecule has 5 nitrogen and oxygen atoms in total. The molecule has 0 spiro atoms. The van der Waals surface area contributed by atoms with Crippen LogP contribution in [0.15, 0.2) is 29.4 Å². The zero-order valence-electron chi connectivity index (χ0n) is 14.6. The van der Waals surface area contributed by atoms with E-state index in [4.69, 9.17) is 0 Å². The predicted octanol–water partition coefficient (Wildman–Crippen LogP) is 3.50. The second-order valence-corrected chi connectivity index (χ2v) is 7.65. The molecule has 0 bridgehead atoms. The molecule has 0 saturated carbocycles. The third kappa shape index (κ3) is 4.03. The van der Waals surface area contributed by atoms with Crippen molar-refractivity contribution in [3.05, 3.63) is 30.1 Å². The molecular formula is C18H23FN4OS. The number of thioether (sulfide) groups is 1. The summed E-state index contributed by atoms with van der Waals surface area (Å²) >= 11 is 1.38. The number of likely N-dealkylation sites (tertiary alicyclic amines) is 1. The zero-order valence-corrected chi connectivity index (χ0v) is 15.4. The lowest BCUT2D eigenvalue weighted by Gasteiger charge is -2.23. The number of hydrogen-bond donors (Lipinski definition) is 0. The lowest BCUT2D eigenvalue weighted by atomic mass is 10.2. The molecule has 7 heteroatoms. The van der Waals surface area contributed by atoms with Crippen LogP contribution in [0.2, 0.25) is 0 Å². The molecular weight excluding hydrogens is 339 g/mol. The van der Waals surface area contributed by atoms with Crippen LogP contribution in [0.4, 0.5) is 4.39 Å². The van der Waals surface area contributed by atoms with Crippen LogP contribution in [0.5, 0.6) is 0 Å². The van der Waals surface area contributed by atoms with Crippen LogP contribution < -0.4 is 0 Å². The van der Waals surface area contributed by atoms with Gasteiger partial charge in [0.05, 0.1) is 10.8 Å². The first-order valence-electron chi connectivity index (χ1n) is 8.67. The molecule has 1 amide bonds. The second kappa shape index (κ2) is 7.99. The van der Waals surface area contributed by atoms with Crippen LogP contribution in [0.1, 0.15) is 32.6 Å². The van der Waals surface area contributed by atoms with Gasteiger partial charge in [-0.1, -0.05) is 36.7 Å². The van der Waals surface area contributed by atoms with Crippen molar-refractivity contribution in [1.29, 1.82) is 0 Å². The summed E-state index contributed by atoms with van der Waals surface area (Å²) in [6.45, 7) is 3.57. The summed E-state index contributed by atoms with van der Waals surface area (Å²) < 4.78 is 15.7. The summed E-state index contributed by atoms with van der Waals surface area (Å²) in [4.78, 5) is 14.6. The van der Waals surface area contributed by atoms with Gasteiger partial charge in [0.15, 0.2) is 11.0 Å². The van der Waals surface area contributed by atoms with Crippen LogP contribution in [-0.2, 0) is 11.8 Å². The second-order valence-electron chi connectivity index (χ2n) is 6.34. The molecule has 0 radical (unpaired) electrons. The monoisotopic (exact) mass is 362 g/mol. The van der Waals surface area contributed by atoms with Gasteiger partial charge in [-0.2, -0.15) is 0 Å². The highest BCUT2D eigenvalue weighted by atomic mass is 32.2. The minimum Gasteiger partial charge on any atom is -0.342 e. The average Bonchev–Trinajstić information content (AvgIpc) is 2.81. The third-order valence-corrected chi connectivity index (χ3v) is 5.62. The minimum atomic E-state index is -0.330. The molecule has 3 rings (SSSR count). The van der Waals surface area contributed by atoms with Gasteiger partial charge < -0.3 is 9.47 Å². The number of amides is 1. The van der Waals surface area contributed by atoms with Crippen LogP contribution in [0.3, 0.4) is 0 Å². The van der Waals surface area contributed by atoms with Gasteiger partial charge in [0.25, 0.3) is 0 Å². The first-order valence-corrected chi connectivity index (χ1v) is 9.55. The Balaban J connectivity index is 1.73. The Kier molecular flexibility index (Phi) is 5.73. The molecule has 1 saturated heterocycles. The Morgan fingerprint density at radius 3 is 2.52 bits per heavy atom. The standard InChI is InChI=1S/C18H23FN4OS/c1-13(17(24)23-11-7-3-4-8-12-23)25-18-21-20-16(22(18)2)14-9-5-6-10-15(14)19/h5-6,9-10,13H,3-4,7-8,11-12H2,1-2H3. The van der Waals surface area contributed by atoms with Crippen molar-refractivity contribution in [3.8, 4) is 11.4 Å². The Labute approximate surface area is 151 Å². The molecule has 1 aliphatic heterocycles. The van der Waals surface area contributed by atoms with E-state index in [-0.39, 0.29) is 17.0 Å². The first-order chi connectivity index (χ1) is 12.1. The van der Waals surface area contributed by atoms with Crippen molar-refractivity contribution in [2.75, 3.05) is 13.1 Å². The Hall–Kier alpha value is -1.89. The third-order valence-electron chi connectivity index (χ3n) is 4.50. The normalized spacial score (nSPS) is 16.5. The fraction of sp³-hybridized carbons (Fsp3) is 0.500. The molecule has 2 aromatic rings.